The number of anilines is 1. The van der Waals surface area contributed by atoms with E-state index in [1.54, 1.807) is 12.1 Å². The minimum absolute atomic E-state index is 0.0271. The summed E-state index contributed by atoms with van der Waals surface area (Å²) in [4.78, 5) is 13.9. The van der Waals surface area contributed by atoms with Crippen molar-refractivity contribution in [1.29, 1.82) is 5.41 Å². The summed E-state index contributed by atoms with van der Waals surface area (Å²) < 4.78 is 26.1. The van der Waals surface area contributed by atoms with Crippen molar-refractivity contribution in [3.63, 3.8) is 0 Å². The fraction of sp³-hybridized carbons (Fsp3) is 0. The van der Waals surface area contributed by atoms with E-state index in [4.69, 9.17) is 5.41 Å². The summed E-state index contributed by atoms with van der Waals surface area (Å²) in [5.41, 5.74) is 0.969. The van der Waals surface area contributed by atoms with Crippen molar-refractivity contribution >= 4 is 34.6 Å². The fourth-order valence-electron chi connectivity index (χ4n) is 2.06. The maximum absolute atomic E-state index is 13.2. The van der Waals surface area contributed by atoms with Crippen LogP contribution in [0.3, 0.4) is 0 Å². The van der Waals surface area contributed by atoms with Crippen LogP contribution < -0.4 is 4.90 Å². The van der Waals surface area contributed by atoms with E-state index >= 15 is 0 Å². The minimum atomic E-state index is -0.412. The Morgan fingerprint density at radius 3 is 2.45 bits per heavy atom. The molecule has 1 fully saturated rings. The van der Waals surface area contributed by atoms with E-state index in [1.165, 1.54) is 47.4 Å². The quantitative estimate of drug-likeness (QED) is 0.851. The van der Waals surface area contributed by atoms with Crippen LogP contribution in [0.15, 0.2) is 53.4 Å². The van der Waals surface area contributed by atoms with Crippen molar-refractivity contribution in [1.82, 2.24) is 0 Å². The van der Waals surface area contributed by atoms with E-state index in [9.17, 15) is 13.6 Å². The first kappa shape index (κ1) is 14.5. The standard InChI is InChI=1S/C16H10F2N2OS/c17-11-4-6-13(7-5-11)20-15(21)14(22-16(20)19)9-10-2-1-3-12(18)8-10/h1-9,19H/b14-9-,19-16?. The smallest absolute Gasteiger partial charge is 0.271 e. The summed E-state index contributed by atoms with van der Waals surface area (Å²) in [7, 11) is 0. The summed E-state index contributed by atoms with van der Waals surface area (Å²) in [6.07, 6.45) is 1.54. The molecule has 1 N–H and O–H groups in total. The number of nitrogens with zero attached hydrogens (tertiary/aromatic N) is 1. The third kappa shape index (κ3) is 2.78. The molecule has 0 spiro atoms. The van der Waals surface area contributed by atoms with Gasteiger partial charge in [-0.05, 0) is 59.8 Å². The van der Waals surface area contributed by atoms with Crippen molar-refractivity contribution in [2.45, 2.75) is 0 Å². The molecule has 22 heavy (non-hydrogen) atoms. The zero-order valence-electron chi connectivity index (χ0n) is 11.2. The molecule has 2 aromatic carbocycles. The maximum Gasteiger partial charge on any atom is 0.271 e. The monoisotopic (exact) mass is 316 g/mol. The predicted octanol–water partition coefficient (Wildman–Crippen LogP) is 4.02. The molecular weight excluding hydrogens is 306 g/mol. The van der Waals surface area contributed by atoms with E-state index in [0.717, 1.165) is 11.8 Å². The van der Waals surface area contributed by atoms with Crippen LogP contribution in [0.25, 0.3) is 6.08 Å². The lowest BCUT2D eigenvalue weighted by Crippen LogP contribution is -2.28. The Balaban J connectivity index is 1.93. The zero-order valence-corrected chi connectivity index (χ0v) is 12.0. The van der Waals surface area contributed by atoms with Crippen molar-refractivity contribution < 1.29 is 13.6 Å². The first-order chi connectivity index (χ1) is 10.5. The highest BCUT2D eigenvalue weighted by Gasteiger charge is 2.33. The van der Waals surface area contributed by atoms with Crippen LogP contribution in [0.1, 0.15) is 5.56 Å². The number of thioether (sulfide) groups is 1. The average Bonchev–Trinajstić information content (AvgIpc) is 2.75. The highest BCUT2D eigenvalue weighted by molar-refractivity contribution is 8.19. The molecule has 110 valence electrons. The molecule has 2 aromatic rings. The predicted molar refractivity (Wildman–Crippen MR) is 83.6 cm³/mol. The Labute approximate surface area is 129 Å². The van der Waals surface area contributed by atoms with Gasteiger partial charge in [0.15, 0.2) is 5.17 Å². The molecule has 0 bridgehead atoms. The second-order valence-corrected chi connectivity index (χ2v) is 5.62. The first-order valence-corrected chi connectivity index (χ1v) is 7.20. The lowest BCUT2D eigenvalue weighted by Gasteiger charge is -2.13. The zero-order chi connectivity index (χ0) is 15.7. The molecule has 0 unspecified atom stereocenters. The second kappa shape index (κ2) is 5.73. The first-order valence-electron chi connectivity index (χ1n) is 6.38. The summed E-state index contributed by atoms with van der Waals surface area (Å²) >= 11 is 0.986. The van der Waals surface area contributed by atoms with Crippen molar-refractivity contribution in [3.8, 4) is 0 Å². The number of rotatable bonds is 2. The van der Waals surface area contributed by atoms with Gasteiger partial charge in [0.25, 0.3) is 5.91 Å². The molecule has 0 aromatic heterocycles. The van der Waals surface area contributed by atoms with Gasteiger partial charge in [0.05, 0.1) is 10.6 Å². The fourth-order valence-corrected chi connectivity index (χ4v) is 2.92. The van der Waals surface area contributed by atoms with E-state index in [-0.39, 0.29) is 11.1 Å². The summed E-state index contributed by atoms with van der Waals surface area (Å²) in [6, 6.07) is 11.2. The Morgan fingerprint density at radius 2 is 1.77 bits per heavy atom. The molecule has 6 heteroatoms. The molecule has 0 atom stereocenters. The number of carbonyl (C=O) groups is 1. The highest BCUT2D eigenvalue weighted by atomic mass is 32.2. The molecule has 1 heterocycles. The maximum atomic E-state index is 13.2. The van der Waals surface area contributed by atoms with Gasteiger partial charge in [-0.1, -0.05) is 12.1 Å². The average molecular weight is 316 g/mol. The molecule has 3 rings (SSSR count). The molecule has 1 aliphatic heterocycles. The number of carbonyl (C=O) groups excluding carboxylic acids is 1. The number of amides is 1. The molecule has 0 saturated carbocycles. The van der Waals surface area contributed by atoms with Gasteiger partial charge in [0.2, 0.25) is 0 Å². The Bertz CT molecular complexity index is 787. The number of benzene rings is 2. The van der Waals surface area contributed by atoms with Crippen LogP contribution >= 0.6 is 11.8 Å². The van der Waals surface area contributed by atoms with Gasteiger partial charge in [-0.25, -0.2) is 8.78 Å². The van der Waals surface area contributed by atoms with Gasteiger partial charge in [-0.15, -0.1) is 0 Å². The van der Waals surface area contributed by atoms with Gasteiger partial charge in [-0.3, -0.25) is 15.1 Å². The van der Waals surface area contributed by atoms with Crippen molar-refractivity contribution in [3.05, 3.63) is 70.6 Å². The van der Waals surface area contributed by atoms with Crippen LogP contribution in [-0.4, -0.2) is 11.1 Å². The van der Waals surface area contributed by atoms with Crippen LogP contribution in [0.4, 0.5) is 14.5 Å². The van der Waals surface area contributed by atoms with Crippen LogP contribution in [0.5, 0.6) is 0 Å². The third-order valence-corrected chi connectivity index (χ3v) is 3.94. The number of hydrogen-bond donors (Lipinski definition) is 1. The molecule has 3 nitrogen and oxygen atoms in total. The van der Waals surface area contributed by atoms with Crippen LogP contribution in [0, 0.1) is 17.0 Å². The van der Waals surface area contributed by atoms with Gasteiger partial charge in [-0.2, -0.15) is 0 Å². The Hall–Kier alpha value is -2.47. The summed E-state index contributed by atoms with van der Waals surface area (Å²) in [5, 5.41) is 7.95. The lowest BCUT2D eigenvalue weighted by molar-refractivity contribution is -0.113. The number of hydrogen-bond acceptors (Lipinski definition) is 3. The molecule has 0 radical (unpaired) electrons. The number of nitrogens with one attached hydrogen (secondary N) is 1. The Morgan fingerprint density at radius 1 is 1.05 bits per heavy atom. The highest BCUT2D eigenvalue weighted by Crippen LogP contribution is 2.35. The number of amidine groups is 1. The Kier molecular flexibility index (Phi) is 3.77. The van der Waals surface area contributed by atoms with E-state index in [2.05, 4.69) is 0 Å². The topological polar surface area (TPSA) is 44.2 Å². The minimum Gasteiger partial charge on any atom is -0.278 e. The largest absolute Gasteiger partial charge is 0.278 e. The molecule has 1 amide bonds. The normalized spacial score (nSPS) is 16.6. The van der Waals surface area contributed by atoms with Crippen molar-refractivity contribution in [2.75, 3.05) is 4.90 Å². The molecular formula is C16H10F2N2OS. The second-order valence-electron chi connectivity index (χ2n) is 4.59. The van der Waals surface area contributed by atoms with E-state index < -0.39 is 11.6 Å². The van der Waals surface area contributed by atoms with Gasteiger partial charge in [0, 0.05) is 0 Å². The summed E-state index contributed by atoms with van der Waals surface area (Å²) in [6.45, 7) is 0. The van der Waals surface area contributed by atoms with E-state index in [0.29, 0.717) is 16.2 Å². The third-order valence-electron chi connectivity index (χ3n) is 3.05. The SMILES string of the molecule is N=C1S/C(=C\c2cccc(F)c2)C(=O)N1c1ccc(F)cc1. The van der Waals surface area contributed by atoms with Crippen LogP contribution in [-0.2, 0) is 4.79 Å². The van der Waals surface area contributed by atoms with Crippen molar-refractivity contribution in [2.24, 2.45) is 0 Å². The number of halogens is 2. The molecule has 0 aliphatic carbocycles. The van der Waals surface area contributed by atoms with Crippen LogP contribution in [0.2, 0.25) is 0 Å². The summed E-state index contributed by atoms with van der Waals surface area (Å²) in [5.74, 6) is -1.19. The van der Waals surface area contributed by atoms with E-state index in [1.807, 2.05) is 0 Å². The van der Waals surface area contributed by atoms with Gasteiger partial charge < -0.3 is 0 Å². The molecule has 1 aliphatic rings. The molecule has 1 saturated heterocycles. The van der Waals surface area contributed by atoms with Gasteiger partial charge in [0.1, 0.15) is 11.6 Å². The lowest BCUT2D eigenvalue weighted by atomic mass is 10.2. The van der Waals surface area contributed by atoms with Gasteiger partial charge >= 0.3 is 0 Å².